The van der Waals surface area contributed by atoms with Crippen molar-refractivity contribution in [3.05, 3.63) is 52.4 Å². The predicted molar refractivity (Wildman–Crippen MR) is 114 cm³/mol. The number of halogens is 1. The Hall–Kier alpha value is -2.49. The number of para-hydroxylation sites is 1. The minimum absolute atomic E-state index is 0.329. The molecule has 10 heteroatoms. The first-order valence-corrected chi connectivity index (χ1v) is 9.97. The van der Waals surface area contributed by atoms with Crippen molar-refractivity contribution in [1.29, 1.82) is 0 Å². The van der Waals surface area contributed by atoms with Crippen LogP contribution in [0.2, 0.25) is 5.02 Å². The number of benzene rings is 1. The van der Waals surface area contributed by atoms with Crippen molar-refractivity contribution in [2.24, 2.45) is 0 Å². The molecule has 1 unspecified atom stereocenters. The summed E-state index contributed by atoms with van der Waals surface area (Å²) in [6, 6.07) is 6.99. The van der Waals surface area contributed by atoms with Crippen LogP contribution in [0.1, 0.15) is 12.6 Å². The van der Waals surface area contributed by atoms with Crippen LogP contribution >= 0.6 is 35.2 Å². The van der Waals surface area contributed by atoms with E-state index in [-0.39, 0.29) is 5.91 Å². The molecule has 0 bridgehead atoms. The number of hydrogen-bond donors (Lipinski definition) is 2. The molecule has 7 nitrogen and oxygen atoms in total. The topological polar surface area (TPSA) is 84.8 Å². The lowest BCUT2D eigenvalue weighted by Gasteiger charge is -2.14. The zero-order valence-electron chi connectivity index (χ0n) is 15.2. The maximum atomic E-state index is 12.5. The molecule has 0 saturated heterocycles. The van der Waals surface area contributed by atoms with E-state index in [1.807, 2.05) is 11.5 Å². The predicted octanol–water partition coefficient (Wildman–Crippen LogP) is 4.62. The van der Waals surface area contributed by atoms with E-state index in [0.717, 1.165) is 10.6 Å². The Morgan fingerprint density at radius 3 is 3.00 bits per heavy atom. The van der Waals surface area contributed by atoms with Crippen molar-refractivity contribution in [1.82, 2.24) is 19.7 Å². The third kappa shape index (κ3) is 4.32. The van der Waals surface area contributed by atoms with Gasteiger partial charge in [-0.1, -0.05) is 41.1 Å². The second-order valence-electron chi connectivity index (χ2n) is 5.86. The first-order valence-electron chi connectivity index (χ1n) is 8.36. The number of hydrogen-bond acceptors (Lipinski definition) is 6. The van der Waals surface area contributed by atoms with Crippen molar-refractivity contribution >= 4 is 46.2 Å². The summed E-state index contributed by atoms with van der Waals surface area (Å²) in [7, 11) is 0. The van der Waals surface area contributed by atoms with Crippen molar-refractivity contribution < 1.29 is 9.53 Å². The highest BCUT2D eigenvalue weighted by atomic mass is 35.5. The molecule has 146 valence electrons. The fourth-order valence-corrected chi connectivity index (χ4v) is 3.79. The minimum Gasteiger partial charge on any atom is -0.479 e. The van der Waals surface area contributed by atoms with E-state index >= 15 is 0 Å². The molecule has 2 heterocycles. The Bertz CT molecular complexity index is 1070. The monoisotopic (exact) mass is 435 g/mol. The van der Waals surface area contributed by atoms with Crippen LogP contribution in [0.5, 0.6) is 5.75 Å². The fourth-order valence-electron chi connectivity index (χ4n) is 2.44. The Labute approximate surface area is 176 Å². The number of aromatic nitrogens is 4. The largest absolute Gasteiger partial charge is 0.479 e. The number of H-pyrrole nitrogens is 1. The van der Waals surface area contributed by atoms with Gasteiger partial charge in [0.25, 0.3) is 5.91 Å². The smallest absolute Gasteiger partial charge is 0.266 e. The first kappa shape index (κ1) is 20.2. The van der Waals surface area contributed by atoms with Crippen LogP contribution in [0.4, 0.5) is 5.13 Å². The van der Waals surface area contributed by atoms with Crippen LogP contribution in [0.25, 0.3) is 10.7 Å². The van der Waals surface area contributed by atoms with E-state index in [2.05, 4.69) is 27.1 Å². The zero-order chi connectivity index (χ0) is 20.3. The Kier molecular flexibility index (Phi) is 6.28. The van der Waals surface area contributed by atoms with Gasteiger partial charge >= 0.3 is 0 Å². The number of amides is 1. The lowest BCUT2D eigenvalue weighted by Crippen LogP contribution is -2.30. The van der Waals surface area contributed by atoms with Crippen LogP contribution in [0, 0.1) is 11.7 Å². The maximum absolute atomic E-state index is 12.5. The Morgan fingerprint density at radius 1 is 1.54 bits per heavy atom. The van der Waals surface area contributed by atoms with Gasteiger partial charge in [-0.15, -0.1) is 6.58 Å². The summed E-state index contributed by atoms with van der Waals surface area (Å²) in [6.07, 6.45) is 0.990. The highest BCUT2D eigenvalue weighted by Crippen LogP contribution is 2.32. The number of carbonyl (C=O) groups excluding carboxylic acids is 1. The number of nitrogens with one attached hydrogen (secondary N) is 2. The van der Waals surface area contributed by atoms with E-state index in [4.69, 9.17) is 28.6 Å². The van der Waals surface area contributed by atoms with Crippen LogP contribution in [0.3, 0.4) is 0 Å². The number of carbonyl (C=O) groups is 1. The number of aromatic amines is 1. The van der Waals surface area contributed by atoms with Gasteiger partial charge in [-0.05, 0) is 38.2 Å². The maximum Gasteiger partial charge on any atom is 0.266 e. The summed E-state index contributed by atoms with van der Waals surface area (Å²) < 4.78 is 7.95. The minimum atomic E-state index is -0.747. The van der Waals surface area contributed by atoms with Gasteiger partial charge in [-0.25, -0.2) is 4.98 Å². The molecular formula is C18H18ClN5O2S2. The molecule has 3 rings (SSSR count). The molecule has 0 spiro atoms. The van der Waals surface area contributed by atoms with Crippen LogP contribution in [-0.2, 0) is 11.3 Å². The van der Waals surface area contributed by atoms with E-state index in [1.165, 1.54) is 11.3 Å². The van der Waals surface area contributed by atoms with Gasteiger partial charge in [0.05, 0.1) is 15.6 Å². The highest BCUT2D eigenvalue weighted by molar-refractivity contribution is 7.71. The van der Waals surface area contributed by atoms with E-state index in [1.54, 1.807) is 37.3 Å². The van der Waals surface area contributed by atoms with Crippen molar-refractivity contribution in [2.75, 3.05) is 5.32 Å². The molecule has 2 N–H and O–H groups in total. The summed E-state index contributed by atoms with van der Waals surface area (Å²) in [5.41, 5.74) is 0.735. The summed E-state index contributed by atoms with van der Waals surface area (Å²) in [6.45, 7) is 7.75. The van der Waals surface area contributed by atoms with E-state index in [0.29, 0.717) is 33.0 Å². The Balaban J connectivity index is 1.76. The number of anilines is 1. The number of ether oxygens (including phenoxy) is 1. The van der Waals surface area contributed by atoms with Crippen molar-refractivity contribution in [3.8, 4) is 16.5 Å². The van der Waals surface area contributed by atoms with Gasteiger partial charge in [0.15, 0.2) is 21.8 Å². The molecule has 0 aliphatic carbocycles. The second-order valence-corrected chi connectivity index (χ2v) is 7.66. The highest BCUT2D eigenvalue weighted by Gasteiger charge is 2.20. The number of aryl methyl sites for hydroxylation is 1. The van der Waals surface area contributed by atoms with E-state index in [9.17, 15) is 4.79 Å². The summed E-state index contributed by atoms with van der Waals surface area (Å²) >= 11 is 12.6. The number of allylic oxidation sites excluding steroid dienone is 1. The van der Waals surface area contributed by atoms with Crippen LogP contribution < -0.4 is 10.1 Å². The Morgan fingerprint density at radius 2 is 2.29 bits per heavy atom. The van der Waals surface area contributed by atoms with Gasteiger partial charge < -0.3 is 4.74 Å². The van der Waals surface area contributed by atoms with Crippen LogP contribution in [-0.4, -0.2) is 31.8 Å². The number of thiazole rings is 1. The zero-order valence-corrected chi connectivity index (χ0v) is 17.6. The molecular weight excluding hydrogens is 418 g/mol. The van der Waals surface area contributed by atoms with Gasteiger partial charge in [0.1, 0.15) is 5.75 Å². The third-order valence-corrected chi connectivity index (χ3v) is 5.50. The molecule has 2 aromatic heterocycles. The second kappa shape index (κ2) is 8.68. The standard InChI is InChI=1S/C18H18ClN5O2S2/c1-4-9-24-15(22-23-18(24)27)14-10(2)20-17(28-14)21-16(25)11(3)26-13-8-6-5-7-12(13)19/h4-8,11H,1,9H2,2-3H3,(H,23,27)(H,20,21,25). The van der Waals surface area contributed by atoms with Crippen molar-refractivity contribution in [3.63, 3.8) is 0 Å². The van der Waals surface area contributed by atoms with Gasteiger partial charge in [-0.3, -0.25) is 19.8 Å². The molecule has 1 amide bonds. The van der Waals surface area contributed by atoms with Gasteiger partial charge in [-0.2, -0.15) is 5.10 Å². The average Bonchev–Trinajstić information content (AvgIpc) is 3.19. The normalized spacial score (nSPS) is 11.8. The molecule has 0 saturated carbocycles. The first-order chi connectivity index (χ1) is 13.4. The molecule has 28 heavy (non-hydrogen) atoms. The molecule has 3 aromatic rings. The van der Waals surface area contributed by atoms with E-state index < -0.39 is 6.10 Å². The molecule has 1 aromatic carbocycles. The van der Waals surface area contributed by atoms with Gasteiger partial charge in [0, 0.05) is 6.54 Å². The quantitative estimate of drug-likeness (QED) is 0.418. The molecule has 1 atom stereocenters. The van der Waals surface area contributed by atoms with Crippen LogP contribution in [0.15, 0.2) is 36.9 Å². The SMILES string of the molecule is C=CCn1c(-c2sc(NC(=O)C(C)Oc3ccccc3Cl)nc2C)n[nH]c1=S. The summed E-state index contributed by atoms with van der Waals surface area (Å²) in [4.78, 5) is 17.7. The molecule has 0 fully saturated rings. The summed E-state index contributed by atoms with van der Waals surface area (Å²) in [5.74, 6) is 0.772. The lowest BCUT2D eigenvalue weighted by atomic mass is 10.3. The molecule has 0 aliphatic rings. The average molecular weight is 436 g/mol. The number of nitrogens with zero attached hydrogens (tertiary/aromatic N) is 3. The lowest BCUT2D eigenvalue weighted by molar-refractivity contribution is -0.122. The molecule has 0 aliphatic heterocycles. The molecule has 0 radical (unpaired) electrons. The third-order valence-electron chi connectivity index (χ3n) is 3.81. The van der Waals surface area contributed by atoms with Gasteiger partial charge in [0.2, 0.25) is 0 Å². The van der Waals surface area contributed by atoms with Crippen molar-refractivity contribution in [2.45, 2.75) is 26.5 Å². The number of rotatable bonds is 7. The summed E-state index contributed by atoms with van der Waals surface area (Å²) in [5, 5.41) is 10.7. The fraction of sp³-hybridized carbons (Fsp3) is 0.222.